The van der Waals surface area contributed by atoms with E-state index >= 15 is 0 Å². The van der Waals surface area contributed by atoms with E-state index in [1.807, 2.05) is 21.1 Å². The van der Waals surface area contributed by atoms with Gasteiger partial charge in [0, 0.05) is 12.8 Å². The summed E-state index contributed by atoms with van der Waals surface area (Å²) in [6.07, 6.45) is 106. The lowest BCUT2D eigenvalue weighted by Gasteiger charge is -2.26. The first kappa shape index (κ1) is 97.2. The number of likely N-dealkylation sites (N-methyl/N-ethyl adjacent to an activating group) is 1. The van der Waals surface area contributed by atoms with Crippen LogP contribution in [0.25, 0.3) is 0 Å². The zero-order valence-corrected chi connectivity index (χ0v) is 67.6. The SMILES string of the molecule is CC/C=C\C/C=C\C/C=C\C/C=C\CCCCCCCCCCCCCCCCCCCCCCCCCCCCCCC(=O)OC(COC(=O)CCCCCCCCCCCCCCCCCCCCCCCCCCCCCCCCCCCC)COC(OCC[N+](C)(C)C)C(=O)[O-]. The molecule has 0 spiro atoms. The first-order chi connectivity index (χ1) is 49.1. The van der Waals surface area contributed by atoms with Crippen LogP contribution >= 0.6 is 0 Å². The number of quaternary nitrogens is 1. The van der Waals surface area contributed by atoms with E-state index in [4.69, 9.17) is 18.9 Å². The van der Waals surface area contributed by atoms with Crippen molar-refractivity contribution in [3.8, 4) is 0 Å². The maximum Gasteiger partial charge on any atom is 0.306 e. The van der Waals surface area contributed by atoms with Crippen LogP contribution in [-0.4, -0.2) is 82.3 Å². The smallest absolute Gasteiger partial charge is 0.306 e. The Hall–Kier alpha value is -2.75. The van der Waals surface area contributed by atoms with Crippen LogP contribution in [0.1, 0.15) is 457 Å². The van der Waals surface area contributed by atoms with Gasteiger partial charge in [0.25, 0.3) is 0 Å². The fourth-order valence-electron chi connectivity index (χ4n) is 13.7. The van der Waals surface area contributed by atoms with Crippen LogP contribution in [0.5, 0.6) is 0 Å². The number of hydrogen-bond donors (Lipinski definition) is 0. The molecule has 0 bridgehead atoms. The molecule has 0 fully saturated rings. The van der Waals surface area contributed by atoms with Crippen molar-refractivity contribution in [1.82, 2.24) is 0 Å². The van der Waals surface area contributed by atoms with Crippen LogP contribution in [0, 0.1) is 0 Å². The number of aliphatic carboxylic acids is 1. The number of nitrogens with zero attached hydrogens (tertiary/aromatic N) is 1. The lowest BCUT2D eigenvalue weighted by Crippen LogP contribution is -2.44. The molecule has 0 aromatic rings. The maximum absolute atomic E-state index is 13.0. The zero-order valence-electron chi connectivity index (χ0n) is 67.6. The number of ether oxygens (including phenoxy) is 4. The van der Waals surface area contributed by atoms with Gasteiger partial charge in [-0.1, -0.05) is 441 Å². The van der Waals surface area contributed by atoms with Crippen LogP contribution in [0.4, 0.5) is 0 Å². The summed E-state index contributed by atoms with van der Waals surface area (Å²) in [5.74, 6) is -2.24. The van der Waals surface area contributed by atoms with E-state index in [-0.39, 0.29) is 32.2 Å². The Morgan fingerprint density at radius 1 is 0.310 bits per heavy atom. The molecule has 0 rings (SSSR count). The zero-order chi connectivity index (χ0) is 72.5. The maximum atomic E-state index is 13.0. The summed E-state index contributed by atoms with van der Waals surface area (Å²) < 4.78 is 22.9. The number of hydrogen-bond acceptors (Lipinski definition) is 8. The monoisotopic (exact) mass is 1410 g/mol. The highest BCUT2D eigenvalue weighted by Gasteiger charge is 2.22. The molecule has 2 unspecified atom stereocenters. The van der Waals surface area contributed by atoms with Crippen molar-refractivity contribution in [3.05, 3.63) is 48.6 Å². The predicted molar refractivity (Wildman–Crippen MR) is 431 cm³/mol. The third kappa shape index (κ3) is 82.5. The van der Waals surface area contributed by atoms with Crippen molar-refractivity contribution in [3.63, 3.8) is 0 Å². The molecule has 9 heteroatoms. The number of esters is 2. The number of carbonyl (C=O) groups is 3. The minimum absolute atomic E-state index is 0.152. The van der Waals surface area contributed by atoms with Gasteiger partial charge >= 0.3 is 11.9 Å². The van der Waals surface area contributed by atoms with E-state index in [2.05, 4.69) is 62.5 Å². The van der Waals surface area contributed by atoms with Gasteiger partial charge in [-0.15, -0.1) is 0 Å². The molecule has 0 saturated carbocycles. The number of carbonyl (C=O) groups excluding carboxylic acids is 3. The lowest BCUT2D eigenvalue weighted by molar-refractivity contribution is -0.870. The Kier molecular flexibility index (Phi) is 79.7. The van der Waals surface area contributed by atoms with E-state index in [1.54, 1.807) is 0 Å². The predicted octanol–water partition coefficient (Wildman–Crippen LogP) is 27.4. The third-order valence-electron chi connectivity index (χ3n) is 20.3. The largest absolute Gasteiger partial charge is 0.545 e. The first-order valence-corrected chi connectivity index (χ1v) is 44.3. The summed E-state index contributed by atoms with van der Waals surface area (Å²) >= 11 is 0. The van der Waals surface area contributed by atoms with Gasteiger partial charge in [-0.25, -0.2) is 0 Å². The minimum Gasteiger partial charge on any atom is -0.545 e. The molecular formula is C91H171NO8. The third-order valence-corrected chi connectivity index (χ3v) is 20.3. The van der Waals surface area contributed by atoms with Crippen molar-refractivity contribution in [1.29, 1.82) is 0 Å². The van der Waals surface area contributed by atoms with Gasteiger partial charge in [-0.05, 0) is 51.4 Å². The molecule has 0 aliphatic carbocycles. The summed E-state index contributed by atoms with van der Waals surface area (Å²) in [6, 6.07) is 0. The van der Waals surface area contributed by atoms with E-state index in [9.17, 15) is 19.5 Å². The molecular weight excluding hydrogens is 1230 g/mol. The van der Waals surface area contributed by atoms with E-state index in [1.165, 1.54) is 366 Å². The van der Waals surface area contributed by atoms with Crippen molar-refractivity contribution in [2.75, 3.05) is 47.5 Å². The quantitative estimate of drug-likeness (QED) is 0.0195. The first-order valence-electron chi connectivity index (χ1n) is 44.3. The van der Waals surface area contributed by atoms with Gasteiger partial charge in [0.2, 0.25) is 0 Å². The van der Waals surface area contributed by atoms with Gasteiger partial charge in [-0.2, -0.15) is 0 Å². The highest BCUT2D eigenvalue weighted by Crippen LogP contribution is 2.21. The fourth-order valence-corrected chi connectivity index (χ4v) is 13.7. The van der Waals surface area contributed by atoms with Crippen LogP contribution in [0.2, 0.25) is 0 Å². The molecule has 0 amide bonds. The number of carboxylic acids is 1. The average molecular weight is 1410 g/mol. The van der Waals surface area contributed by atoms with Crippen LogP contribution < -0.4 is 5.11 Å². The number of rotatable bonds is 84. The highest BCUT2D eigenvalue weighted by atomic mass is 16.7. The van der Waals surface area contributed by atoms with Gasteiger partial charge in [0.1, 0.15) is 13.2 Å². The van der Waals surface area contributed by atoms with Crippen molar-refractivity contribution < 1.29 is 42.9 Å². The lowest BCUT2D eigenvalue weighted by atomic mass is 10.0. The standard InChI is InChI=1S/C91H171NO8/c1-6-8-10-12-14-16-18-20-22-24-26-28-30-32-34-36-38-40-42-43-44-45-46-47-48-50-52-54-56-58-60-62-64-66-68-70-72-74-76-78-80-82-89(94)100-87(86-99-91(90(95)96)97-84-83-92(3,4)5)85-98-88(93)81-79-77-75-73-71-69-67-65-63-61-59-57-55-53-51-49-41-39-37-35-33-31-29-27-25-23-21-19-17-15-13-11-9-7-2/h8,10,14,16,20,22,26,28,87,91H,6-7,9,11-13,15,17-19,21,23-25,27,29-86H2,1-5H3/b10-8-,16-14-,22-20-,28-26-. The molecule has 0 saturated heterocycles. The summed E-state index contributed by atoms with van der Waals surface area (Å²) in [5, 5.41) is 11.9. The molecule has 0 aliphatic rings. The highest BCUT2D eigenvalue weighted by molar-refractivity contribution is 5.70. The van der Waals surface area contributed by atoms with Gasteiger partial charge in [0.05, 0.1) is 40.3 Å². The summed E-state index contributed by atoms with van der Waals surface area (Å²) in [5.41, 5.74) is 0. The molecule has 0 heterocycles. The average Bonchev–Trinajstić information content (AvgIpc) is 1.08. The fraction of sp³-hybridized carbons (Fsp3) is 0.879. The molecule has 0 aromatic carbocycles. The van der Waals surface area contributed by atoms with Gasteiger partial charge in [-0.3, -0.25) is 9.59 Å². The molecule has 0 aliphatic heterocycles. The number of unbranched alkanes of at least 4 members (excludes halogenated alkanes) is 61. The minimum atomic E-state index is -1.62. The van der Waals surface area contributed by atoms with Gasteiger partial charge < -0.3 is 33.3 Å². The van der Waals surface area contributed by atoms with Crippen LogP contribution in [0.3, 0.4) is 0 Å². The molecule has 2 atom stereocenters. The van der Waals surface area contributed by atoms with E-state index < -0.39 is 24.3 Å². The second kappa shape index (κ2) is 81.9. The molecule has 9 nitrogen and oxygen atoms in total. The Morgan fingerprint density at radius 2 is 0.570 bits per heavy atom. The van der Waals surface area contributed by atoms with E-state index in [0.717, 1.165) is 64.2 Å². The summed E-state index contributed by atoms with van der Waals surface area (Å²) in [7, 11) is 5.96. The van der Waals surface area contributed by atoms with Crippen molar-refractivity contribution in [2.24, 2.45) is 0 Å². The summed E-state index contributed by atoms with van der Waals surface area (Å²) in [6.45, 7) is 4.73. The number of carboxylic acid groups (broad SMARTS) is 1. The normalized spacial score (nSPS) is 12.8. The second-order valence-electron chi connectivity index (χ2n) is 31.5. The Morgan fingerprint density at radius 3 is 0.850 bits per heavy atom. The topological polar surface area (TPSA) is 111 Å². The van der Waals surface area contributed by atoms with E-state index in [0.29, 0.717) is 17.4 Å². The Balaban J connectivity index is 3.89. The van der Waals surface area contributed by atoms with Crippen molar-refractivity contribution in [2.45, 2.75) is 469 Å². The van der Waals surface area contributed by atoms with Crippen LogP contribution in [-0.2, 0) is 33.3 Å². The molecule has 0 radical (unpaired) electrons. The molecule has 0 aromatic heterocycles. The van der Waals surface area contributed by atoms with Gasteiger partial charge in [0.15, 0.2) is 12.4 Å². The molecule has 100 heavy (non-hydrogen) atoms. The number of allylic oxidation sites excluding steroid dienone is 8. The summed E-state index contributed by atoms with van der Waals surface area (Å²) in [4.78, 5) is 37.7. The second-order valence-corrected chi connectivity index (χ2v) is 31.5. The van der Waals surface area contributed by atoms with Crippen molar-refractivity contribution >= 4 is 17.9 Å². The Bertz CT molecular complexity index is 1790. The Labute approximate surface area is 623 Å². The molecule has 588 valence electrons. The van der Waals surface area contributed by atoms with Crippen LogP contribution in [0.15, 0.2) is 48.6 Å². The molecule has 0 N–H and O–H groups in total.